The van der Waals surface area contributed by atoms with Crippen molar-refractivity contribution in [1.82, 2.24) is 20.4 Å². The molecule has 0 spiro atoms. The number of hydrogen-bond donors (Lipinski definition) is 2. The first kappa shape index (κ1) is 26.2. The van der Waals surface area contributed by atoms with Crippen LogP contribution in [0.3, 0.4) is 0 Å². The van der Waals surface area contributed by atoms with Crippen molar-refractivity contribution in [2.45, 2.75) is 45.1 Å². The van der Waals surface area contributed by atoms with Crippen LogP contribution in [0, 0.1) is 5.92 Å². The molecule has 0 bridgehead atoms. The molecule has 6 nitrogen and oxygen atoms in total. The molecule has 2 fully saturated rings. The number of hydrogen-bond acceptors (Lipinski definition) is 4. The fourth-order valence-electron chi connectivity index (χ4n) is 4.83. The number of aliphatic imine (C=N–C) groups is 1. The quantitative estimate of drug-likeness (QED) is 0.283. The number of halogens is 1. The molecule has 2 heterocycles. The molecule has 0 aromatic heterocycles. The lowest BCUT2D eigenvalue weighted by molar-refractivity contribution is 0.187. The molecule has 2 saturated heterocycles. The SMILES string of the molecule is CCN1CCC(CCNC(=NC)NCC(c2ccccc2OC)N2CCCC2)CC1.I. The van der Waals surface area contributed by atoms with Crippen LogP contribution in [-0.2, 0) is 0 Å². The summed E-state index contributed by atoms with van der Waals surface area (Å²) >= 11 is 0. The summed E-state index contributed by atoms with van der Waals surface area (Å²) in [6.45, 7) is 10.1. The third-order valence-electron chi connectivity index (χ3n) is 6.77. The summed E-state index contributed by atoms with van der Waals surface area (Å²) in [7, 11) is 3.63. The summed E-state index contributed by atoms with van der Waals surface area (Å²) in [5, 5.41) is 7.13. The van der Waals surface area contributed by atoms with Crippen LogP contribution in [0.15, 0.2) is 29.3 Å². The minimum atomic E-state index is 0. The fourth-order valence-corrected chi connectivity index (χ4v) is 4.83. The van der Waals surface area contributed by atoms with E-state index in [1.54, 1.807) is 7.11 Å². The van der Waals surface area contributed by atoms with Crippen LogP contribution in [0.4, 0.5) is 0 Å². The fraction of sp³-hybridized carbons (Fsp3) is 0.708. The zero-order valence-corrected chi connectivity index (χ0v) is 21.9. The van der Waals surface area contributed by atoms with Crippen molar-refractivity contribution in [3.05, 3.63) is 29.8 Å². The Morgan fingerprint density at radius 2 is 1.84 bits per heavy atom. The first-order chi connectivity index (χ1) is 14.7. The Morgan fingerprint density at radius 3 is 2.48 bits per heavy atom. The summed E-state index contributed by atoms with van der Waals surface area (Å²) < 4.78 is 5.66. The van der Waals surface area contributed by atoms with Gasteiger partial charge in [0.1, 0.15) is 5.75 Å². The average molecular weight is 544 g/mol. The van der Waals surface area contributed by atoms with E-state index in [4.69, 9.17) is 4.74 Å². The van der Waals surface area contributed by atoms with E-state index in [0.717, 1.165) is 43.8 Å². The highest BCUT2D eigenvalue weighted by atomic mass is 127. The zero-order chi connectivity index (χ0) is 21.2. The van der Waals surface area contributed by atoms with Crippen molar-refractivity contribution in [2.24, 2.45) is 10.9 Å². The Morgan fingerprint density at radius 1 is 1.13 bits per heavy atom. The van der Waals surface area contributed by atoms with E-state index in [2.05, 4.69) is 50.5 Å². The molecule has 31 heavy (non-hydrogen) atoms. The lowest BCUT2D eigenvalue weighted by Gasteiger charge is -2.31. The van der Waals surface area contributed by atoms with Crippen molar-refractivity contribution in [1.29, 1.82) is 0 Å². The van der Waals surface area contributed by atoms with Crippen LogP contribution in [0.5, 0.6) is 5.75 Å². The van der Waals surface area contributed by atoms with E-state index in [9.17, 15) is 0 Å². The number of ether oxygens (including phenoxy) is 1. The molecule has 2 aliphatic heterocycles. The minimum absolute atomic E-state index is 0. The highest BCUT2D eigenvalue weighted by Gasteiger charge is 2.26. The van der Waals surface area contributed by atoms with E-state index < -0.39 is 0 Å². The van der Waals surface area contributed by atoms with Gasteiger partial charge in [-0.1, -0.05) is 25.1 Å². The molecular weight excluding hydrogens is 501 g/mol. The molecule has 0 aliphatic carbocycles. The van der Waals surface area contributed by atoms with Gasteiger partial charge in [-0.25, -0.2) is 0 Å². The van der Waals surface area contributed by atoms with Crippen LogP contribution >= 0.6 is 24.0 Å². The number of benzene rings is 1. The summed E-state index contributed by atoms with van der Waals surface area (Å²) in [5.74, 6) is 2.71. The molecule has 1 aromatic carbocycles. The van der Waals surface area contributed by atoms with Crippen molar-refractivity contribution in [3.8, 4) is 5.75 Å². The lowest BCUT2D eigenvalue weighted by Crippen LogP contribution is -2.43. The number of rotatable bonds is 9. The second kappa shape index (κ2) is 14.2. The van der Waals surface area contributed by atoms with Crippen molar-refractivity contribution < 1.29 is 4.74 Å². The molecule has 0 radical (unpaired) electrons. The standard InChI is InChI=1S/C24H41N5O.HI/c1-4-28-17-12-20(13-18-28)11-14-26-24(25-2)27-19-22(29-15-7-8-16-29)21-9-5-6-10-23(21)30-3;/h5-6,9-10,20,22H,4,7-8,11-19H2,1-3H3,(H2,25,26,27);1H. The van der Waals surface area contributed by atoms with E-state index in [1.165, 1.54) is 57.3 Å². The molecule has 0 amide bonds. The molecule has 0 saturated carbocycles. The van der Waals surface area contributed by atoms with E-state index >= 15 is 0 Å². The summed E-state index contributed by atoms with van der Waals surface area (Å²) in [6, 6.07) is 8.71. The molecule has 2 aliphatic rings. The molecule has 2 N–H and O–H groups in total. The Labute approximate surface area is 206 Å². The van der Waals surface area contributed by atoms with E-state index in [0.29, 0.717) is 6.04 Å². The van der Waals surface area contributed by atoms with Crippen LogP contribution in [0.2, 0.25) is 0 Å². The average Bonchev–Trinajstić information content (AvgIpc) is 3.33. The van der Waals surface area contributed by atoms with Crippen LogP contribution in [0.25, 0.3) is 0 Å². The van der Waals surface area contributed by atoms with Gasteiger partial charge in [-0.15, -0.1) is 24.0 Å². The minimum Gasteiger partial charge on any atom is -0.496 e. The maximum absolute atomic E-state index is 5.66. The van der Waals surface area contributed by atoms with Crippen molar-refractivity contribution >= 4 is 29.9 Å². The van der Waals surface area contributed by atoms with E-state index in [-0.39, 0.29) is 24.0 Å². The molecule has 1 atom stereocenters. The molecule has 1 unspecified atom stereocenters. The predicted octanol–water partition coefficient (Wildman–Crippen LogP) is 3.74. The largest absolute Gasteiger partial charge is 0.496 e. The van der Waals surface area contributed by atoms with Gasteiger partial charge in [0.2, 0.25) is 0 Å². The molecule has 3 rings (SSSR count). The van der Waals surface area contributed by atoms with Crippen molar-refractivity contribution in [3.63, 3.8) is 0 Å². The normalized spacial score (nSPS) is 19.6. The number of nitrogens with zero attached hydrogens (tertiary/aromatic N) is 3. The summed E-state index contributed by atoms with van der Waals surface area (Å²) in [6.07, 6.45) is 6.42. The van der Waals surface area contributed by atoms with Gasteiger partial charge in [0.05, 0.1) is 13.2 Å². The molecular formula is C24H42IN5O. The topological polar surface area (TPSA) is 52.1 Å². The van der Waals surface area contributed by atoms with Gasteiger partial charge in [0, 0.05) is 25.7 Å². The highest BCUT2D eigenvalue weighted by molar-refractivity contribution is 14.0. The maximum atomic E-state index is 5.66. The number of methoxy groups -OCH3 is 1. The highest BCUT2D eigenvalue weighted by Crippen LogP contribution is 2.31. The number of guanidine groups is 1. The maximum Gasteiger partial charge on any atom is 0.191 e. The second-order valence-electron chi connectivity index (χ2n) is 8.55. The van der Waals surface area contributed by atoms with Gasteiger partial charge >= 0.3 is 0 Å². The first-order valence-corrected chi connectivity index (χ1v) is 11.8. The van der Waals surface area contributed by atoms with Crippen LogP contribution < -0.4 is 15.4 Å². The van der Waals surface area contributed by atoms with Gasteiger partial charge in [0.15, 0.2) is 5.96 Å². The zero-order valence-electron chi connectivity index (χ0n) is 19.6. The number of nitrogens with one attached hydrogen (secondary N) is 2. The lowest BCUT2D eigenvalue weighted by atomic mass is 9.93. The number of piperidine rings is 1. The smallest absolute Gasteiger partial charge is 0.191 e. The Kier molecular flexibility index (Phi) is 12.0. The van der Waals surface area contributed by atoms with Gasteiger partial charge in [-0.2, -0.15) is 0 Å². The number of likely N-dealkylation sites (tertiary alicyclic amines) is 2. The third kappa shape index (κ3) is 7.79. The van der Waals surface area contributed by atoms with Gasteiger partial charge in [0.25, 0.3) is 0 Å². The Bertz CT molecular complexity index is 657. The molecule has 7 heteroatoms. The summed E-state index contributed by atoms with van der Waals surface area (Å²) in [4.78, 5) is 9.59. The first-order valence-electron chi connectivity index (χ1n) is 11.8. The molecule has 1 aromatic rings. The van der Waals surface area contributed by atoms with Crippen molar-refractivity contribution in [2.75, 3.05) is 60.0 Å². The summed E-state index contributed by atoms with van der Waals surface area (Å²) in [5.41, 5.74) is 1.26. The molecule has 176 valence electrons. The van der Waals surface area contributed by atoms with Crippen LogP contribution in [0.1, 0.15) is 50.6 Å². The Balaban J connectivity index is 0.00000341. The monoisotopic (exact) mass is 543 g/mol. The number of para-hydroxylation sites is 1. The third-order valence-corrected chi connectivity index (χ3v) is 6.77. The predicted molar refractivity (Wildman–Crippen MR) is 141 cm³/mol. The van der Waals surface area contributed by atoms with Gasteiger partial charge < -0.3 is 20.3 Å². The Hall–Kier alpha value is -1.06. The second-order valence-corrected chi connectivity index (χ2v) is 8.55. The van der Waals surface area contributed by atoms with Gasteiger partial charge in [-0.3, -0.25) is 9.89 Å². The van der Waals surface area contributed by atoms with Gasteiger partial charge in [-0.05, 0) is 76.8 Å². The van der Waals surface area contributed by atoms with E-state index in [1.807, 2.05) is 13.1 Å². The van der Waals surface area contributed by atoms with Crippen LogP contribution in [-0.4, -0.2) is 75.7 Å².